The number of amides is 2. The lowest BCUT2D eigenvalue weighted by Gasteiger charge is -2.42. The number of nitrogens with zero attached hydrogens (tertiary/aromatic N) is 2. The SMILES string of the molecule is CCN(CC)C(=O)N[C@@H]1C=C2c3cccc4[nH]cc(c34)C[C@H]2N(C2CC2)C1. The third-order valence-electron chi connectivity index (χ3n) is 6.43. The van der Waals surface area contributed by atoms with E-state index in [1.807, 2.05) is 18.7 Å². The third-order valence-corrected chi connectivity index (χ3v) is 6.43. The molecule has 0 saturated heterocycles. The van der Waals surface area contributed by atoms with E-state index in [0.717, 1.165) is 26.1 Å². The van der Waals surface area contributed by atoms with Crippen molar-refractivity contribution in [2.75, 3.05) is 19.6 Å². The van der Waals surface area contributed by atoms with E-state index in [1.54, 1.807) is 0 Å². The van der Waals surface area contributed by atoms with E-state index in [0.29, 0.717) is 12.1 Å². The normalized spacial score (nSPS) is 24.4. The minimum absolute atomic E-state index is 0.0485. The summed E-state index contributed by atoms with van der Waals surface area (Å²) in [5, 5.41) is 4.64. The van der Waals surface area contributed by atoms with Crippen molar-refractivity contribution in [3.63, 3.8) is 0 Å². The molecule has 27 heavy (non-hydrogen) atoms. The Morgan fingerprint density at radius 1 is 1.30 bits per heavy atom. The van der Waals surface area contributed by atoms with Gasteiger partial charge in [-0.15, -0.1) is 0 Å². The van der Waals surface area contributed by atoms with E-state index in [4.69, 9.17) is 0 Å². The van der Waals surface area contributed by atoms with Gasteiger partial charge in [0.2, 0.25) is 0 Å². The molecular weight excluding hydrogens is 336 g/mol. The van der Waals surface area contributed by atoms with Gasteiger partial charge in [-0.05, 0) is 55.9 Å². The van der Waals surface area contributed by atoms with Gasteiger partial charge in [0, 0.05) is 48.8 Å². The Bertz CT molecular complexity index is 906. The summed E-state index contributed by atoms with van der Waals surface area (Å²) < 4.78 is 0. The minimum atomic E-state index is 0.0485. The average Bonchev–Trinajstić information content (AvgIpc) is 3.44. The van der Waals surface area contributed by atoms with Crippen molar-refractivity contribution in [1.82, 2.24) is 20.1 Å². The predicted octanol–water partition coefficient (Wildman–Crippen LogP) is 3.37. The molecule has 0 radical (unpaired) electrons. The standard InChI is InChI=1S/C22H28N4O/c1-3-25(4-2)22(27)24-15-11-18-17-6-5-7-19-21(17)14(12-23-19)10-20(18)26(13-15)16-8-9-16/h5-7,11-12,15-16,20,23H,3-4,8-10,13H2,1-2H3,(H,24,27)/t15-,20-/m1/s1. The molecule has 5 heteroatoms. The summed E-state index contributed by atoms with van der Waals surface area (Å²) in [4.78, 5) is 20.6. The molecule has 2 heterocycles. The van der Waals surface area contributed by atoms with Crippen molar-refractivity contribution in [2.45, 2.75) is 51.2 Å². The predicted molar refractivity (Wildman–Crippen MR) is 109 cm³/mol. The van der Waals surface area contributed by atoms with Gasteiger partial charge in [-0.2, -0.15) is 0 Å². The molecule has 142 valence electrons. The Balaban J connectivity index is 1.53. The van der Waals surface area contributed by atoms with Crippen LogP contribution in [0.15, 0.2) is 30.5 Å². The molecule has 2 aliphatic carbocycles. The molecule has 2 aromatic rings. The van der Waals surface area contributed by atoms with Crippen LogP contribution in [-0.2, 0) is 6.42 Å². The van der Waals surface area contributed by atoms with Gasteiger partial charge in [0.25, 0.3) is 0 Å². The van der Waals surface area contributed by atoms with Crippen LogP contribution in [0.2, 0.25) is 0 Å². The maximum atomic E-state index is 12.6. The van der Waals surface area contributed by atoms with Gasteiger partial charge in [-0.3, -0.25) is 4.90 Å². The van der Waals surface area contributed by atoms with Crippen LogP contribution in [0, 0.1) is 0 Å². The second-order valence-electron chi connectivity index (χ2n) is 8.04. The van der Waals surface area contributed by atoms with Crippen LogP contribution in [0.3, 0.4) is 0 Å². The van der Waals surface area contributed by atoms with Gasteiger partial charge in [0.1, 0.15) is 0 Å². The molecule has 2 atom stereocenters. The second kappa shape index (κ2) is 6.41. The molecule has 0 unspecified atom stereocenters. The third kappa shape index (κ3) is 2.76. The molecule has 2 N–H and O–H groups in total. The van der Waals surface area contributed by atoms with Crippen molar-refractivity contribution < 1.29 is 4.79 Å². The largest absolute Gasteiger partial charge is 0.361 e. The number of aromatic nitrogens is 1. The smallest absolute Gasteiger partial charge is 0.317 e. The van der Waals surface area contributed by atoms with Gasteiger partial charge in [0.15, 0.2) is 0 Å². The summed E-state index contributed by atoms with van der Waals surface area (Å²) in [5.74, 6) is 0. The number of hydrogen-bond donors (Lipinski definition) is 2. The van der Waals surface area contributed by atoms with Gasteiger partial charge in [-0.25, -0.2) is 4.79 Å². The van der Waals surface area contributed by atoms with Crippen molar-refractivity contribution in [3.8, 4) is 0 Å². The molecule has 5 nitrogen and oxygen atoms in total. The van der Waals surface area contributed by atoms with Crippen molar-refractivity contribution in [2.24, 2.45) is 0 Å². The van der Waals surface area contributed by atoms with E-state index in [1.165, 1.54) is 40.4 Å². The summed E-state index contributed by atoms with van der Waals surface area (Å²) in [5.41, 5.74) is 5.39. The highest BCUT2D eigenvalue weighted by molar-refractivity contribution is 5.98. The van der Waals surface area contributed by atoms with Crippen LogP contribution >= 0.6 is 0 Å². The second-order valence-corrected chi connectivity index (χ2v) is 8.04. The number of fused-ring (bicyclic) bond motifs is 2. The molecule has 1 aromatic heterocycles. The number of rotatable bonds is 4. The molecular formula is C22H28N4O. The van der Waals surface area contributed by atoms with Crippen LogP contribution in [0.4, 0.5) is 4.79 Å². The van der Waals surface area contributed by atoms with Crippen molar-refractivity contribution in [3.05, 3.63) is 41.6 Å². The van der Waals surface area contributed by atoms with Crippen LogP contribution in [0.25, 0.3) is 16.5 Å². The summed E-state index contributed by atoms with van der Waals surface area (Å²) in [7, 11) is 0. The van der Waals surface area contributed by atoms with Crippen molar-refractivity contribution >= 4 is 22.5 Å². The Morgan fingerprint density at radius 3 is 2.85 bits per heavy atom. The highest BCUT2D eigenvalue weighted by atomic mass is 16.2. The van der Waals surface area contributed by atoms with Crippen LogP contribution in [-0.4, -0.2) is 58.6 Å². The fourth-order valence-electron chi connectivity index (χ4n) is 4.93. The molecule has 3 aliphatic rings. The molecule has 2 amide bonds. The van der Waals surface area contributed by atoms with Crippen molar-refractivity contribution in [1.29, 1.82) is 0 Å². The number of H-pyrrole nitrogens is 1. The number of carbonyl (C=O) groups is 1. The molecule has 0 spiro atoms. The van der Waals surface area contributed by atoms with E-state index in [-0.39, 0.29) is 12.1 Å². The van der Waals surface area contributed by atoms with Gasteiger partial charge < -0.3 is 15.2 Å². The van der Waals surface area contributed by atoms with Gasteiger partial charge in [-0.1, -0.05) is 18.2 Å². The van der Waals surface area contributed by atoms with E-state index < -0.39 is 0 Å². The topological polar surface area (TPSA) is 51.4 Å². The maximum absolute atomic E-state index is 12.6. The van der Waals surface area contributed by atoms with E-state index in [9.17, 15) is 4.79 Å². The minimum Gasteiger partial charge on any atom is -0.361 e. The Labute approximate surface area is 160 Å². The summed E-state index contributed by atoms with van der Waals surface area (Å²) >= 11 is 0. The zero-order chi connectivity index (χ0) is 18.5. The van der Waals surface area contributed by atoms with Gasteiger partial charge in [0.05, 0.1) is 6.04 Å². The summed E-state index contributed by atoms with van der Waals surface area (Å²) in [6, 6.07) is 7.77. The molecule has 1 aromatic carbocycles. The lowest BCUT2D eigenvalue weighted by Crippen LogP contribution is -2.54. The lowest BCUT2D eigenvalue weighted by atomic mass is 9.81. The fraction of sp³-hybridized carbons (Fsp3) is 0.500. The zero-order valence-corrected chi connectivity index (χ0v) is 16.2. The van der Waals surface area contributed by atoms with Crippen LogP contribution in [0.1, 0.15) is 37.8 Å². The number of nitrogens with one attached hydrogen (secondary N) is 2. The molecule has 5 rings (SSSR count). The first-order valence-electron chi connectivity index (χ1n) is 10.3. The quantitative estimate of drug-likeness (QED) is 0.874. The Morgan fingerprint density at radius 2 is 2.11 bits per heavy atom. The highest BCUT2D eigenvalue weighted by Gasteiger charge is 2.42. The highest BCUT2D eigenvalue weighted by Crippen LogP contribution is 2.43. The summed E-state index contributed by atoms with van der Waals surface area (Å²) in [6.07, 6.45) is 8.14. The molecule has 0 bridgehead atoms. The maximum Gasteiger partial charge on any atom is 0.317 e. The van der Waals surface area contributed by atoms with Crippen LogP contribution < -0.4 is 5.32 Å². The number of carbonyl (C=O) groups excluding carboxylic acids is 1. The number of hydrogen-bond acceptors (Lipinski definition) is 2. The Kier molecular flexibility index (Phi) is 4.01. The van der Waals surface area contributed by atoms with E-state index in [2.05, 4.69) is 45.7 Å². The van der Waals surface area contributed by atoms with Crippen LogP contribution in [0.5, 0.6) is 0 Å². The summed E-state index contributed by atoms with van der Waals surface area (Å²) in [6.45, 7) is 6.47. The number of urea groups is 1. The monoisotopic (exact) mass is 364 g/mol. The van der Waals surface area contributed by atoms with E-state index >= 15 is 0 Å². The first-order valence-corrected chi connectivity index (χ1v) is 10.3. The number of benzene rings is 1. The first kappa shape index (κ1) is 16.9. The van der Waals surface area contributed by atoms with Gasteiger partial charge >= 0.3 is 6.03 Å². The molecule has 1 saturated carbocycles. The zero-order valence-electron chi connectivity index (χ0n) is 16.2. The first-order chi connectivity index (χ1) is 13.2. The Hall–Kier alpha value is -2.27. The molecule has 1 fully saturated rings. The fourth-order valence-corrected chi connectivity index (χ4v) is 4.93. The lowest BCUT2D eigenvalue weighted by molar-refractivity contribution is 0.179. The average molecular weight is 364 g/mol. The molecule has 1 aliphatic heterocycles. The number of aromatic amines is 1.